The van der Waals surface area contributed by atoms with Crippen molar-refractivity contribution in [2.75, 3.05) is 6.61 Å². The van der Waals surface area contributed by atoms with Crippen LogP contribution in [0, 0.1) is 10.8 Å². The Balaban J connectivity index is 1.26. The molecule has 18 heteroatoms. The van der Waals surface area contributed by atoms with Crippen molar-refractivity contribution in [1.29, 1.82) is 5.41 Å². The number of carbonyl (C=O) groups excluding carboxylic acids is 2. The number of alkyl halides is 4. The summed E-state index contributed by atoms with van der Waals surface area (Å²) in [4.78, 5) is 32.9. The van der Waals surface area contributed by atoms with E-state index in [0.29, 0.717) is 23.4 Å². The molecule has 290 valence electrons. The number of guanidine groups is 1. The number of halogens is 5. The van der Waals surface area contributed by atoms with Gasteiger partial charge >= 0.3 is 6.09 Å². The van der Waals surface area contributed by atoms with E-state index in [9.17, 15) is 27.8 Å². The van der Waals surface area contributed by atoms with Gasteiger partial charge in [-0.3, -0.25) is 15.1 Å². The average molecular weight is 783 g/mol. The van der Waals surface area contributed by atoms with Gasteiger partial charge in [0.1, 0.15) is 29.7 Å². The Morgan fingerprint density at radius 1 is 1.18 bits per heavy atom. The summed E-state index contributed by atoms with van der Waals surface area (Å²) in [6, 6.07) is 10.5. The van der Waals surface area contributed by atoms with Gasteiger partial charge in [-0.15, -0.1) is 5.10 Å². The maximum absolute atomic E-state index is 15.0. The molecule has 2 amide bonds. The Bertz CT molecular complexity index is 2140. The molecule has 3 heterocycles. The second-order valence-electron chi connectivity index (χ2n) is 15.4. The molecule has 0 bridgehead atoms. The minimum absolute atomic E-state index is 0.0103. The van der Waals surface area contributed by atoms with Crippen molar-refractivity contribution in [3.8, 4) is 16.9 Å². The van der Waals surface area contributed by atoms with E-state index in [-0.39, 0.29) is 41.5 Å². The molecule has 55 heavy (non-hydrogen) atoms. The van der Waals surface area contributed by atoms with Gasteiger partial charge in [0, 0.05) is 5.56 Å². The quantitative estimate of drug-likeness (QED) is 0.0945. The number of ether oxygens (including phenoxy) is 1. The van der Waals surface area contributed by atoms with Gasteiger partial charge in [-0.05, 0) is 66.9 Å². The average Bonchev–Trinajstić information content (AvgIpc) is 4.00. The van der Waals surface area contributed by atoms with E-state index >= 15 is 4.79 Å². The van der Waals surface area contributed by atoms with Gasteiger partial charge in [0.25, 0.3) is 18.3 Å². The zero-order valence-corrected chi connectivity index (χ0v) is 31.0. The molecule has 4 aromatic rings. The van der Waals surface area contributed by atoms with E-state index in [2.05, 4.69) is 37.6 Å². The molecule has 2 aromatic heterocycles. The fourth-order valence-corrected chi connectivity index (χ4v) is 7.24. The number of hydrogen-bond donors (Lipinski definition) is 3. The molecule has 3 aliphatic rings. The lowest BCUT2D eigenvalue weighted by atomic mass is 9.75. The van der Waals surface area contributed by atoms with Crippen LogP contribution in [-0.4, -0.2) is 70.7 Å². The number of benzene rings is 2. The summed E-state index contributed by atoms with van der Waals surface area (Å²) in [6.07, 6.45) is 1.36. The highest BCUT2D eigenvalue weighted by atomic mass is 35.5. The number of carbonyl (C=O) groups is 2. The molecule has 13 nitrogen and oxygen atoms in total. The van der Waals surface area contributed by atoms with Crippen LogP contribution in [0.5, 0.6) is 0 Å². The molecular weight excluding hydrogens is 744 g/mol. The maximum Gasteiger partial charge on any atom is 0.407 e. The van der Waals surface area contributed by atoms with Crippen LogP contribution in [-0.2, 0) is 15.1 Å². The lowest BCUT2D eigenvalue weighted by Crippen LogP contribution is -2.50. The molecule has 2 atom stereocenters. The Hall–Kier alpha value is -5.32. The third-order valence-electron chi connectivity index (χ3n) is 10.1. The highest BCUT2D eigenvalue weighted by Crippen LogP contribution is 2.49. The fourth-order valence-electron chi connectivity index (χ4n) is 7.04. The van der Waals surface area contributed by atoms with Gasteiger partial charge in [0.15, 0.2) is 11.8 Å². The molecule has 0 unspecified atom stereocenters. The van der Waals surface area contributed by atoms with E-state index < -0.39 is 59.3 Å². The van der Waals surface area contributed by atoms with Crippen LogP contribution in [0.3, 0.4) is 0 Å². The Labute approximate surface area is 318 Å². The van der Waals surface area contributed by atoms with E-state index in [1.54, 1.807) is 12.1 Å². The predicted molar refractivity (Wildman–Crippen MR) is 193 cm³/mol. The normalized spacial score (nSPS) is 20.1. The third kappa shape index (κ3) is 7.16. The van der Waals surface area contributed by atoms with Crippen molar-refractivity contribution in [1.82, 2.24) is 45.3 Å². The van der Waals surface area contributed by atoms with Crippen LogP contribution in [0.15, 0.2) is 67.6 Å². The molecule has 7 rings (SSSR count). The molecule has 3 N–H and O–H groups in total. The minimum Gasteiger partial charge on any atom is -0.447 e. The molecule has 1 aliphatic heterocycles. The van der Waals surface area contributed by atoms with Gasteiger partial charge in [-0.25, -0.2) is 27.9 Å². The van der Waals surface area contributed by atoms with E-state index in [1.807, 2.05) is 43.8 Å². The predicted octanol–water partition coefficient (Wildman–Crippen LogP) is 7.27. The molecule has 2 aliphatic carbocycles. The van der Waals surface area contributed by atoms with Crippen LogP contribution >= 0.6 is 11.6 Å². The standard InChI is InChI=1S/C37H39ClF4N10O3/c1-5-37(41,42)35(14-15-35)47-33(54)55-18-28(22-8-13-25(38)27(16-22)52-30(29(39)40)44-20-45-52)51-31(53)36(46-32(51)43,19-34(2,3)4)23-9-6-21(7-10-23)26-17-50(49-48-26)24-11-12-24/h5-10,13,16-17,20,24,28-29H,1,11-12,14-15,18-19H2,2-4H3,(H2,43,46)(H,47,54)/t28-,36-/m1/s1. The largest absolute Gasteiger partial charge is 0.447 e. The van der Waals surface area contributed by atoms with E-state index in [1.165, 1.54) is 18.2 Å². The summed E-state index contributed by atoms with van der Waals surface area (Å²) in [6.45, 7) is 8.40. The first-order chi connectivity index (χ1) is 26.0. The highest BCUT2D eigenvalue weighted by molar-refractivity contribution is 6.32. The first-order valence-corrected chi connectivity index (χ1v) is 18.0. The van der Waals surface area contributed by atoms with E-state index in [0.717, 1.165) is 34.3 Å². The third-order valence-corrected chi connectivity index (χ3v) is 10.4. The minimum atomic E-state index is -3.41. The molecular formula is C37H39ClF4N10O3. The first kappa shape index (κ1) is 38.0. The van der Waals surface area contributed by atoms with Crippen LogP contribution in [0.1, 0.15) is 88.3 Å². The number of hydrogen-bond acceptors (Lipinski definition) is 8. The van der Waals surface area contributed by atoms with Crippen LogP contribution in [0.4, 0.5) is 22.4 Å². The van der Waals surface area contributed by atoms with Crippen molar-refractivity contribution in [3.63, 3.8) is 0 Å². The summed E-state index contributed by atoms with van der Waals surface area (Å²) >= 11 is 6.47. The number of aromatic nitrogens is 6. The Morgan fingerprint density at radius 2 is 1.89 bits per heavy atom. The Morgan fingerprint density at radius 3 is 2.51 bits per heavy atom. The van der Waals surface area contributed by atoms with E-state index in [4.69, 9.17) is 16.3 Å². The topological polar surface area (TPSA) is 156 Å². The second kappa shape index (κ2) is 13.8. The summed E-state index contributed by atoms with van der Waals surface area (Å²) < 4.78 is 65.3. The number of amides is 2. The summed E-state index contributed by atoms with van der Waals surface area (Å²) in [5.74, 6) is -5.03. The molecule has 2 saturated carbocycles. The van der Waals surface area contributed by atoms with Crippen LogP contribution in [0.2, 0.25) is 5.02 Å². The first-order valence-electron chi connectivity index (χ1n) is 17.6. The zero-order valence-electron chi connectivity index (χ0n) is 30.2. The number of rotatable bonds is 13. The lowest BCUT2D eigenvalue weighted by molar-refractivity contribution is -0.134. The van der Waals surface area contributed by atoms with Crippen LogP contribution in [0.25, 0.3) is 16.9 Å². The van der Waals surface area contributed by atoms with Gasteiger partial charge in [0.2, 0.25) is 0 Å². The maximum atomic E-state index is 15.0. The van der Waals surface area contributed by atoms with Crippen molar-refractivity contribution in [3.05, 3.63) is 89.6 Å². The molecule has 0 radical (unpaired) electrons. The molecule has 2 aromatic carbocycles. The highest BCUT2D eigenvalue weighted by Gasteiger charge is 2.62. The van der Waals surface area contributed by atoms with Gasteiger partial charge in [-0.2, -0.15) is 13.9 Å². The molecule has 1 saturated heterocycles. The summed E-state index contributed by atoms with van der Waals surface area (Å²) in [5.41, 5.74) is -1.67. The van der Waals surface area contributed by atoms with Gasteiger partial charge in [-0.1, -0.05) is 74.5 Å². The SMILES string of the molecule is C=CC(F)(F)C1(NC(=O)OC[C@H](c2ccc(Cl)c(-n3ncnc3C(F)F)c2)N2C(=N)N[C@](CC(C)(C)C)(c3ccc(-c4cn(C5CC5)nn4)cc3)C2=O)CC1. The lowest BCUT2D eigenvalue weighted by Gasteiger charge is -2.35. The Kier molecular flexibility index (Phi) is 9.50. The van der Waals surface area contributed by atoms with Crippen molar-refractivity contribution in [2.45, 2.75) is 88.4 Å². The molecule has 3 fully saturated rings. The van der Waals surface area contributed by atoms with Crippen molar-refractivity contribution < 1.29 is 31.9 Å². The van der Waals surface area contributed by atoms with Crippen molar-refractivity contribution in [2.24, 2.45) is 5.41 Å². The zero-order chi connectivity index (χ0) is 39.5. The fraction of sp³-hybridized carbons (Fsp3) is 0.432. The second-order valence-corrected chi connectivity index (χ2v) is 15.8. The summed E-state index contributed by atoms with van der Waals surface area (Å²) in [7, 11) is 0. The van der Waals surface area contributed by atoms with Gasteiger partial charge in [0.05, 0.1) is 29.0 Å². The summed E-state index contributed by atoms with van der Waals surface area (Å²) in [5, 5.41) is 27.0. The monoisotopic (exact) mass is 782 g/mol. The smallest absolute Gasteiger partial charge is 0.407 e. The number of nitrogens with one attached hydrogen (secondary N) is 3. The van der Waals surface area contributed by atoms with Gasteiger partial charge < -0.3 is 15.4 Å². The number of alkyl carbamates (subject to hydrolysis) is 1. The van der Waals surface area contributed by atoms with Crippen molar-refractivity contribution >= 4 is 29.6 Å². The van der Waals surface area contributed by atoms with Crippen LogP contribution < -0.4 is 10.6 Å². The molecule has 0 spiro atoms. The number of nitrogens with zero attached hydrogens (tertiary/aromatic N) is 7.